The third-order valence-electron chi connectivity index (χ3n) is 3.08. The van der Waals surface area contributed by atoms with Crippen molar-refractivity contribution in [3.05, 3.63) is 36.4 Å². The molecule has 0 radical (unpaired) electrons. The lowest BCUT2D eigenvalue weighted by atomic mass is 10.2. The van der Waals surface area contributed by atoms with Crippen LogP contribution in [0.5, 0.6) is 0 Å². The van der Waals surface area contributed by atoms with Crippen LogP contribution in [0, 0.1) is 0 Å². The van der Waals surface area contributed by atoms with E-state index in [4.69, 9.17) is 0 Å². The Labute approximate surface area is 116 Å². The van der Waals surface area contributed by atoms with Crippen molar-refractivity contribution in [1.29, 1.82) is 0 Å². The van der Waals surface area contributed by atoms with E-state index in [0.29, 0.717) is 5.56 Å². The Morgan fingerprint density at radius 1 is 1.63 bits per heavy atom. The lowest BCUT2D eigenvalue weighted by molar-refractivity contribution is 0.0936. The highest BCUT2D eigenvalue weighted by molar-refractivity contribution is 7.99. The van der Waals surface area contributed by atoms with Gasteiger partial charge in [-0.25, -0.2) is 4.98 Å². The quantitative estimate of drug-likeness (QED) is 0.862. The van der Waals surface area contributed by atoms with E-state index in [1.165, 1.54) is 0 Å². The molecule has 1 amide bonds. The Morgan fingerprint density at radius 2 is 2.42 bits per heavy atom. The number of fused-ring (bicyclic) bond motifs is 1. The Hall–Kier alpha value is -1.53. The van der Waals surface area contributed by atoms with E-state index in [2.05, 4.69) is 10.3 Å². The minimum atomic E-state index is -0.135. The van der Waals surface area contributed by atoms with Gasteiger partial charge in [0, 0.05) is 23.1 Å². The molecular formula is C13H17N3O2S. The summed E-state index contributed by atoms with van der Waals surface area (Å²) in [5.41, 5.74) is 1.47. The molecule has 0 aliphatic heterocycles. The first kappa shape index (κ1) is 13.9. The molecule has 2 heterocycles. The van der Waals surface area contributed by atoms with E-state index < -0.39 is 0 Å². The molecule has 102 valence electrons. The summed E-state index contributed by atoms with van der Waals surface area (Å²) in [5.74, 6) is -0.135. The number of nitrogens with zero attached hydrogens (tertiary/aromatic N) is 2. The van der Waals surface area contributed by atoms with Crippen LogP contribution in [0.1, 0.15) is 17.3 Å². The van der Waals surface area contributed by atoms with Gasteiger partial charge in [-0.1, -0.05) is 0 Å². The highest BCUT2D eigenvalue weighted by Crippen LogP contribution is 2.12. The molecule has 5 nitrogen and oxygen atoms in total. The first-order valence-electron chi connectivity index (χ1n) is 6.02. The fourth-order valence-electron chi connectivity index (χ4n) is 1.88. The second kappa shape index (κ2) is 6.08. The summed E-state index contributed by atoms with van der Waals surface area (Å²) in [6.07, 6.45) is 7.12. The Morgan fingerprint density at radius 3 is 3.11 bits per heavy atom. The maximum atomic E-state index is 12.1. The second-order valence-corrected chi connectivity index (χ2v) is 5.44. The van der Waals surface area contributed by atoms with Crippen LogP contribution in [0.2, 0.25) is 0 Å². The van der Waals surface area contributed by atoms with Crippen molar-refractivity contribution in [3.8, 4) is 0 Å². The molecule has 0 bridgehead atoms. The van der Waals surface area contributed by atoms with Crippen LogP contribution in [0.15, 0.2) is 30.9 Å². The minimum Gasteiger partial charge on any atom is -0.395 e. The van der Waals surface area contributed by atoms with Gasteiger partial charge in [0.1, 0.15) is 0 Å². The number of carbonyl (C=O) groups is 1. The molecule has 2 atom stereocenters. The van der Waals surface area contributed by atoms with Crippen LogP contribution >= 0.6 is 11.8 Å². The third kappa shape index (κ3) is 3.08. The molecule has 2 N–H and O–H groups in total. The third-order valence-corrected chi connectivity index (χ3v) is 4.24. The number of aliphatic hydroxyl groups excluding tert-OH is 1. The fourth-order valence-corrected chi connectivity index (χ4v) is 2.51. The van der Waals surface area contributed by atoms with Gasteiger partial charge in [0.2, 0.25) is 0 Å². The number of aromatic nitrogens is 2. The second-order valence-electron chi connectivity index (χ2n) is 4.36. The lowest BCUT2D eigenvalue weighted by Gasteiger charge is -2.21. The molecule has 2 rings (SSSR count). The number of pyridine rings is 1. The maximum Gasteiger partial charge on any atom is 0.251 e. The molecule has 19 heavy (non-hydrogen) atoms. The van der Waals surface area contributed by atoms with E-state index >= 15 is 0 Å². The summed E-state index contributed by atoms with van der Waals surface area (Å²) < 4.78 is 1.85. The van der Waals surface area contributed by atoms with Crippen LogP contribution in [0.3, 0.4) is 0 Å². The van der Waals surface area contributed by atoms with Crippen molar-refractivity contribution >= 4 is 23.2 Å². The Bertz CT molecular complexity index is 566. The van der Waals surface area contributed by atoms with Crippen LogP contribution in [-0.4, -0.2) is 44.6 Å². The van der Waals surface area contributed by atoms with Crippen molar-refractivity contribution in [2.45, 2.75) is 18.2 Å². The van der Waals surface area contributed by atoms with E-state index in [-0.39, 0.29) is 23.8 Å². The lowest BCUT2D eigenvalue weighted by Crippen LogP contribution is -2.41. The predicted octanol–water partition coefficient (Wildman–Crippen LogP) is 1.18. The van der Waals surface area contributed by atoms with E-state index in [0.717, 1.165) is 5.52 Å². The topological polar surface area (TPSA) is 66.6 Å². The maximum absolute atomic E-state index is 12.1. The first-order chi connectivity index (χ1) is 9.15. The van der Waals surface area contributed by atoms with Gasteiger partial charge in [-0.3, -0.25) is 4.79 Å². The molecule has 0 spiro atoms. The van der Waals surface area contributed by atoms with E-state index in [1.807, 2.05) is 17.6 Å². The van der Waals surface area contributed by atoms with Crippen LogP contribution < -0.4 is 5.32 Å². The van der Waals surface area contributed by atoms with Crippen molar-refractivity contribution in [1.82, 2.24) is 14.7 Å². The van der Waals surface area contributed by atoms with Crippen molar-refractivity contribution in [3.63, 3.8) is 0 Å². The van der Waals surface area contributed by atoms with Gasteiger partial charge >= 0.3 is 0 Å². The summed E-state index contributed by atoms with van der Waals surface area (Å²) in [5, 5.41) is 12.1. The van der Waals surface area contributed by atoms with Crippen LogP contribution in [0.25, 0.3) is 5.52 Å². The average Bonchev–Trinajstić information content (AvgIpc) is 2.87. The Balaban J connectivity index is 2.10. The average molecular weight is 279 g/mol. The van der Waals surface area contributed by atoms with Gasteiger partial charge in [0.15, 0.2) is 0 Å². The molecule has 0 fully saturated rings. The molecule has 2 unspecified atom stereocenters. The molecule has 0 aliphatic rings. The van der Waals surface area contributed by atoms with E-state index in [9.17, 15) is 9.90 Å². The van der Waals surface area contributed by atoms with Gasteiger partial charge in [0.25, 0.3) is 5.91 Å². The molecule has 2 aromatic rings. The largest absolute Gasteiger partial charge is 0.395 e. The van der Waals surface area contributed by atoms with Crippen LogP contribution in [0.4, 0.5) is 0 Å². The fraction of sp³-hybridized carbons (Fsp3) is 0.385. The predicted molar refractivity (Wildman–Crippen MR) is 76.5 cm³/mol. The molecule has 6 heteroatoms. The molecule has 0 aromatic carbocycles. The van der Waals surface area contributed by atoms with Crippen LogP contribution in [-0.2, 0) is 0 Å². The van der Waals surface area contributed by atoms with Gasteiger partial charge in [-0.05, 0) is 25.3 Å². The van der Waals surface area contributed by atoms with Gasteiger partial charge in [-0.15, -0.1) is 0 Å². The van der Waals surface area contributed by atoms with Crippen molar-refractivity contribution in [2.75, 3.05) is 12.9 Å². The standard InChI is InChI=1S/C13H17N3O2S/c1-9(12(7-17)19-2)15-13(18)10-3-4-16-8-14-6-11(16)5-10/h3-6,8-9,12,17H,7H2,1-2H3,(H,15,18). The minimum absolute atomic E-state index is 0.00245. The number of imidazole rings is 1. The highest BCUT2D eigenvalue weighted by Gasteiger charge is 2.18. The zero-order chi connectivity index (χ0) is 13.8. The molecule has 2 aromatic heterocycles. The summed E-state index contributed by atoms with van der Waals surface area (Å²) in [4.78, 5) is 16.1. The molecule has 0 aliphatic carbocycles. The summed E-state index contributed by atoms with van der Waals surface area (Å²) in [7, 11) is 0. The number of rotatable bonds is 5. The number of nitrogens with one attached hydrogen (secondary N) is 1. The zero-order valence-corrected chi connectivity index (χ0v) is 11.7. The monoisotopic (exact) mass is 279 g/mol. The highest BCUT2D eigenvalue weighted by atomic mass is 32.2. The van der Waals surface area contributed by atoms with E-state index in [1.54, 1.807) is 42.6 Å². The van der Waals surface area contributed by atoms with Crippen molar-refractivity contribution in [2.24, 2.45) is 0 Å². The zero-order valence-electron chi connectivity index (χ0n) is 10.9. The number of aliphatic hydroxyl groups is 1. The number of hydrogen-bond acceptors (Lipinski definition) is 4. The van der Waals surface area contributed by atoms with Gasteiger partial charge < -0.3 is 14.8 Å². The molecule has 0 saturated carbocycles. The Kier molecular flexibility index (Phi) is 4.44. The number of amides is 1. The molecule has 0 saturated heterocycles. The SMILES string of the molecule is CSC(CO)C(C)NC(=O)c1ccn2cncc2c1. The summed E-state index contributed by atoms with van der Waals surface area (Å²) in [6, 6.07) is 3.46. The summed E-state index contributed by atoms with van der Waals surface area (Å²) >= 11 is 1.54. The number of carbonyl (C=O) groups excluding carboxylic acids is 1. The first-order valence-corrected chi connectivity index (χ1v) is 7.30. The van der Waals surface area contributed by atoms with Gasteiger partial charge in [0.05, 0.1) is 24.6 Å². The normalized spacial score (nSPS) is 14.3. The smallest absolute Gasteiger partial charge is 0.251 e. The van der Waals surface area contributed by atoms with Crippen molar-refractivity contribution < 1.29 is 9.90 Å². The van der Waals surface area contributed by atoms with Gasteiger partial charge in [-0.2, -0.15) is 11.8 Å². The summed E-state index contributed by atoms with van der Waals surface area (Å²) in [6.45, 7) is 1.94. The number of thioether (sulfide) groups is 1. The molecular weight excluding hydrogens is 262 g/mol. The number of hydrogen-bond donors (Lipinski definition) is 2.